The molecule has 0 fully saturated rings. The summed E-state index contributed by atoms with van der Waals surface area (Å²) < 4.78 is 2.15. The van der Waals surface area contributed by atoms with Crippen molar-refractivity contribution < 1.29 is 0 Å². The Labute approximate surface area is 72.0 Å². The number of hydrogen-bond acceptors (Lipinski definition) is 3. The van der Waals surface area contributed by atoms with E-state index in [-0.39, 0.29) is 0 Å². The Balaban J connectivity index is 2.22. The van der Waals surface area contributed by atoms with Crippen LogP contribution in [-0.4, -0.2) is 29.2 Å². The second-order valence-corrected chi connectivity index (χ2v) is 3.22. The van der Waals surface area contributed by atoms with Crippen LogP contribution in [0.1, 0.15) is 5.69 Å². The zero-order valence-electron chi connectivity index (χ0n) is 7.46. The van der Waals surface area contributed by atoms with Gasteiger partial charge in [-0.05, 0) is 14.0 Å². The molecular weight excluding hydrogens is 152 g/mol. The van der Waals surface area contributed by atoms with Crippen LogP contribution in [0.15, 0.2) is 6.20 Å². The largest absolute Gasteiger partial charge is 0.354 e. The van der Waals surface area contributed by atoms with Crippen LogP contribution in [0.2, 0.25) is 0 Å². The molecule has 1 aliphatic rings. The van der Waals surface area contributed by atoms with Gasteiger partial charge in [0.25, 0.3) is 0 Å². The molecule has 0 spiro atoms. The predicted molar refractivity (Wildman–Crippen MR) is 48.3 cm³/mol. The highest BCUT2D eigenvalue weighted by atomic mass is 15.2. The van der Waals surface area contributed by atoms with Crippen molar-refractivity contribution in [2.75, 3.05) is 18.9 Å². The first kappa shape index (κ1) is 7.61. The summed E-state index contributed by atoms with van der Waals surface area (Å²) in [6, 6.07) is 0.520. The minimum atomic E-state index is 0.520. The van der Waals surface area contributed by atoms with Crippen LogP contribution < -0.4 is 10.6 Å². The van der Waals surface area contributed by atoms with Gasteiger partial charge in [-0.1, -0.05) is 0 Å². The van der Waals surface area contributed by atoms with Gasteiger partial charge >= 0.3 is 0 Å². The zero-order valence-corrected chi connectivity index (χ0v) is 7.46. The van der Waals surface area contributed by atoms with E-state index in [9.17, 15) is 0 Å². The quantitative estimate of drug-likeness (QED) is 0.626. The lowest BCUT2D eigenvalue weighted by Crippen LogP contribution is -2.40. The third-order valence-electron chi connectivity index (χ3n) is 2.23. The molecule has 0 saturated heterocycles. The lowest BCUT2D eigenvalue weighted by molar-refractivity contribution is 0.476. The van der Waals surface area contributed by atoms with Gasteiger partial charge in [-0.15, -0.1) is 0 Å². The number of aryl methyl sites for hydroxylation is 1. The summed E-state index contributed by atoms with van der Waals surface area (Å²) in [5.41, 5.74) is 1.08. The minimum absolute atomic E-state index is 0.520. The van der Waals surface area contributed by atoms with Crippen molar-refractivity contribution in [3.63, 3.8) is 0 Å². The molecule has 1 aromatic rings. The predicted octanol–water partition coefficient (Wildman–Crippen LogP) is 0.205. The molecule has 0 aliphatic carbocycles. The van der Waals surface area contributed by atoms with E-state index in [4.69, 9.17) is 0 Å². The second-order valence-electron chi connectivity index (χ2n) is 3.22. The van der Waals surface area contributed by atoms with Crippen LogP contribution in [0.3, 0.4) is 0 Å². The molecule has 0 bridgehead atoms. The monoisotopic (exact) mass is 166 g/mol. The van der Waals surface area contributed by atoms with Crippen LogP contribution in [0.25, 0.3) is 0 Å². The highest BCUT2D eigenvalue weighted by Crippen LogP contribution is 2.13. The summed E-state index contributed by atoms with van der Waals surface area (Å²) >= 11 is 0. The number of hydrogen-bond donors (Lipinski definition) is 2. The number of nitrogens with zero attached hydrogens (tertiary/aromatic N) is 2. The number of likely N-dealkylation sites (N-methyl/N-ethyl adjacent to an activating group) is 1. The molecule has 1 aromatic heterocycles. The first-order valence-corrected chi connectivity index (χ1v) is 4.24. The fourth-order valence-corrected chi connectivity index (χ4v) is 1.54. The molecule has 0 saturated carbocycles. The summed E-state index contributed by atoms with van der Waals surface area (Å²) in [6.07, 6.45) is 2.08. The van der Waals surface area contributed by atoms with E-state index in [2.05, 4.69) is 26.4 Å². The summed E-state index contributed by atoms with van der Waals surface area (Å²) in [6.45, 7) is 3.99. The average molecular weight is 166 g/mol. The van der Waals surface area contributed by atoms with Gasteiger partial charge in [0.1, 0.15) is 0 Å². The fourth-order valence-electron chi connectivity index (χ4n) is 1.54. The van der Waals surface area contributed by atoms with Crippen molar-refractivity contribution in [2.24, 2.45) is 0 Å². The maximum Gasteiger partial charge on any atom is 0.203 e. The average Bonchev–Trinajstić information content (AvgIpc) is 2.43. The van der Waals surface area contributed by atoms with Crippen molar-refractivity contribution in [2.45, 2.75) is 19.5 Å². The van der Waals surface area contributed by atoms with Gasteiger partial charge in [-0.3, -0.25) is 0 Å². The van der Waals surface area contributed by atoms with E-state index in [1.165, 1.54) is 0 Å². The first-order chi connectivity index (χ1) is 5.79. The highest BCUT2D eigenvalue weighted by Gasteiger charge is 2.16. The van der Waals surface area contributed by atoms with Crippen LogP contribution in [-0.2, 0) is 6.54 Å². The van der Waals surface area contributed by atoms with Crippen molar-refractivity contribution in [3.8, 4) is 0 Å². The van der Waals surface area contributed by atoms with Crippen molar-refractivity contribution in [3.05, 3.63) is 11.9 Å². The van der Waals surface area contributed by atoms with E-state index in [1.807, 2.05) is 14.0 Å². The standard InChI is InChI=1S/C8H14N4/c1-6-4-12-5-7(9-2)3-10-8(12)11-6/h4,7,9H,3,5H2,1-2H3,(H,10,11)/t7-/m1/s1. The Kier molecular flexibility index (Phi) is 1.77. The molecule has 2 heterocycles. The summed E-state index contributed by atoms with van der Waals surface area (Å²) in [5.74, 6) is 0.999. The van der Waals surface area contributed by atoms with Crippen LogP contribution >= 0.6 is 0 Å². The molecule has 0 amide bonds. The molecular formula is C8H14N4. The van der Waals surface area contributed by atoms with Gasteiger partial charge < -0.3 is 15.2 Å². The van der Waals surface area contributed by atoms with E-state index in [1.54, 1.807) is 0 Å². The fraction of sp³-hybridized carbons (Fsp3) is 0.625. The van der Waals surface area contributed by atoms with Gasteiger partial charge in [0, 0.05) is 25.3 Å². The molecule has 1 atom stereocenters. The molecule has 0 radical (unpaired) electrons. The Morgan fingerprint density at radius 2 is 2.58 bits per heavy atom. The zero-order chi connectivity index (χ0) is 8.55. The number of fused-ring (bicyclic) bond motifs is 1. The summed E-state index contributed by atoms with van der Waals surface area (Å²) in [7, 11) is 1.99. The van der Waals surface area contributed by atoms with Crippen LogP contribution in [0, 0.1) is 6.92 Å². The molecule has 12 heavy (non-hydrogen) atoms. The molecule has 4 heteroatoms. The second kappa shape index (κ2) is 2.79. The molecule has 2 rings (SSSR count). The minimum Gasteiger partial charge on any atom is -0.354 e. The Hall–Kier alpha value is -1.03. The maximum atomic E-state index is 4.34. The lowest BCUT2D eigenvalue weighted by atomic mass is 10.2. The maximum absolute atomic E-state index is 4.34. The summed E-state index contributed by atoms with van der Waals surface area (Å²) in [4.78, 5) is 4.34. The van der Waals surface area contributed by atoms with E-state index < -0.39 is 0 Å². The van der Waals surface area contributed by atoms with Gasteiger partial charge in [0.2, 0.25) is 5.95 Å². The number of rotatable bonds is 1. The molecule has 66 valence electrons. The van der Waals surface area contributed by atoms with Gasteiger partial charge in [0.05, 0.1) is 5.69 Å². The molecule has 0 unspecified atom stereocenters. The Morgan fingerprint density at radius 3 is 3.33 bits per heavy atom. The van der Waals surface area contributed by atoms with Gasteiger partial charge in [-0.2, -0.15) is 0 Å². The van der Waals surface area contributed by atoms with Crippen LogP contribution in [0.5, 0.6) is 0 Å². The lowest BCUT2D eigenvalue weighted by Gasteiger charge is -2.24. The molecule has 1 aliphatic heterocycles. The third-order valence-corrected chi connectivity index (χ3v) is 2.23. The number of imidazole rings is 1. The van der Waals surface area contributed by atoms with Crippen molar-refractivity contribution >= 4 is 5.95 Å². The van der Waals surface area contributed by atoms with E-state index >= 15 is 0 Å². The van der Waals surface area contributed by atoms with Gasteiger partial charge in [-0.25, -0.2) is 4.98 Å². The highest BCUT2D eigenvalue weighted by molar-refractivity contribution is 5.31. The molecule has 4 nitrogen and oxygen atoms in total. The smallest absolute Gasteiger partial charge is 0.203 e. The van der Waals surface area contributed by atoms with Gasteiger partial charge in [0.15, 0.2) is 0 Å². The van der Waals surface area contributed by atoms with E-state index in [0.29, 0.717) is 6.04 Å². The SMILES string of the molecule is CN[C@@H]1CNc2nc(C)cn2C1. The molecule has 2 N–H and O–H groups in total. The summed E-state index contributed by atoms with van der Waals surface area (Å²) in [5, 5.41) is 6.52. The molecule has 0 aromatic carbocycles. The number of aromatic nitrogens is 2. The Morgan fingerprint density at radius 1 is 1.75 bits per heavy atom. The number of nitrogens with one attached hydrogen (secondary N) is 2. The van der Waals surface area contributed by atoms with Crippen molar-refractivity contribution in [1.82, 2.24) is 14.9 Å². The third kappa shape index (κ3) is 1.18. The van der Waals surface area contributed by atoms with Crippen molar-refractivity contribution in [1.29, 1.82) is 0 Å². The number of anilines is 1. The van der Waals surface area contributed by atoms with E-state index in [0.717, 1.165) is 24.7 Å². The Bertz CT molecular complexity index is 279. The normalized spacial score (nSPS) is 21.7. The first-order valence-electron chi connectivity index (χ1n) is 4.24. The topological polar surface area (TPSA) is 41.9 Å². The van der Waals surface area contributed by atoms with Crippen LogP contribution in [0.4, 0.5) is 5.95 Å².